The summed E-state index contributed by atoms with van der Waals surface area (Å²) in [4.78, 5) is 31.2. The molecular formula is C15H18N2O3. The zero-order chi connectivity index (χ0) is 14.1. The molecule has 2 saturated heterocycles. The van der Waals surface area contributed by atoms with Gasteiger partial charge in [0.1, 0.15) is 6.61 Å². The second kappa shape index (κ2) is 5.25. The lowest BCUT2D eigenvalue weighted by atomic mass is 9.98. The molecule has 0 saturated carbocycles. The predicted octanol–water partition coefficient (Wildman–Crippen LogP) is 1.98. The number of hydrogen-bond donors (Lipinski definition) is 0. The zero-order valence-corrected chi connectivity index (χ0v) is 11.5. The standard InChI is InChI=1S/C15H18N2O3/c1-11(18)14-8-7-13-9-16(14)15(19)17(13)20-10-12-5-3-2-4-6-12/h2-6,13-14H,7-10H2,1H3/t13?,14-/m0/s1. The van der Waals surface area contributed by atoms with E-state index in [4.69, 9.17) is 4.84 Å². The van der Waals surface area contributed by atoms with E-state index >= 15 is 0 Å². The molecule has 106 valence electrons. The van der Waals surface area contributed by atoms with E-state index in [2.05, 4.69) is 0 Å². The van der Waals surface area contributed by atoms with Gasteiger partial charge in [0.15, 0.2) is 5.78 Å². The third kappa shape index (κ3) is 2.29. The maximum atomic E-state index is 12.3. The van der Waals surface area contributed by atoms with Crippen LogP contribution in [0.5, 0.6) is 0 Å². The first-order chi connectivity index (χ1) is 9.66. The molecule has 1 aromatic rings. The van der Waals surface area contributed by atoms with Gasteiger partial charge in [-0.1, -0.05) is 30.3 Å². The van der Waals surface area contributed by atoms with E-state index in [9.17, 15) is 9.59 Å². The number of fused-ring (bicyclic) bond motifs is 2. The molecule has 0 radical (unpaired) electrons. The third-order valence-electron chi connectivity index (χ3n) is 4.01. The highest BCUT2D eigenvalue weighted by molar-refractivity contribution is 5.88. The Labute approximate surface area is 118 Å². The maximum absolute atomic E-state index is 12.3. The van der Waals surface area contributed by atoms with E-state index in [1.807, 2.05) is 30.3 Å². The monoisotopic (exact) mass is 274 g/mol. The Morgan fingerprint density at radius 3 is 2.75 bits per heavy atom. The zero-order valence-electron chi connectivity index (χ0n) is 11.5. The lowest BCUT2D eigenvalue weighted by Crippen LogP contribution is -2.44. The molecule has 2 fully saturated rings. The van der Waals surface area contributed by atoms with E-state index in [0.717, 1.165) is 18.4 Å². The number of piperidine rings is 1. The van der Waals surface area contributed by atoms with Crippen molar-refractivity contribution < 1.29 is 14.4 Å². The molecule has 0 aromatic heterocycles. The number of hydroxylamine groups is 2. The van der Waals surface area contributed by atoms with Crippen LogP contribution in [0, 0.1) is 0 Å². The highest BCUT2D eigenvalue weighted by Crippen LogP contribution is 2.30. The molecular weight excluding hydrogens is 256 g/mol. The Balaban J connectivity index is 1.67. The summed E-state index contributed by atoms with van der Waals surface area (Å²) >= 11 is 0. The van der Waals surface area contributed by atoms with Gasteiger partial charge in [0.25, 0.3) is 0 Å². The molecule has 1 aromatic carbocycles. The first-order valence-corrected chi connectivity index (χ1v) is 6.94. The molecule has 2 heterocycles. The average molecular weight is 274 g/mol. The van der Waals surface area contributed by atoms with Crippen LogP contribution in [0.1, 0.15) is 25.3 Å². The van der Waals surface area contributed by atoms with Gasteiger partial charge in [-0.3, -0.25) is 9.63 Å². The highest BCUT2D eigenvalue weighted by atomic mass is 16.7. The fourth-order valence-electron chi connectivity index (χ4n) is 2.94. The maximum Gasteiger partial charge on any atom is 0.344 e. The van der Waals surface area contributed by atoms with Crippen LogP contribution >= 0.6 is 0 Å². The molecule has 0 spiro atoms. The summed E-state index contributed by atoms with van der Waals surface area (Å²) in [6, 6.07) is 9.38. The number of hydrogen-bond acceptors (Lipinski definition) is 3. The number of amides is 2. The van der Waals surface area contributed by atoms with E-state index in [1.165, 1.54) is 5.06 Å². The van der Waals surface area contributed by atoms with Crippen LogP contribution in [0.2, 0.25) is 0 Å². The number of carbonyl (C=O) groups is 2. The van der Waals surface area contributed by atoms with Gasteiger partial charge < -0.3 is 4.90 Å². The van der Waals surface area contributed by atoms with Gasteiger partial charge in [0.05, 0.1) is 12.1 Å². The Hall–Kier alpha value is -1.88. The minimum atomic E-state index is -0.274. The molecule has 2 aliphatic heterocycles. The summed E-state index contributed by atoms with van der Waals surface area (Å²) in [6.07, 6.45) is 1.55. The van der Waals surface area contributed by atoms with Crippen LogP contribution in [0.25, 0.3) is 0 Å². The molecule has 0 N–H and O–H groups in total. The summed E-state index contributed by atoms with van der Waals surface area (Å²) in [5.74, 6) is 0.0571. The van der Waals surface area contributed by atoms with Crippen molar-refractivity contribution in [2.24, 2.45) is 0 Å². The van der Waals surface area contributed by atoms with Crippen LogP contribution in [-0.2, 0) is 16.2 Å². The van der Waals surface area contributed by atoms with Crippen LogP contribution in [0.15, 0.2) is 30.3 Å². The first-order valence-electron chi connectivity index (χ1n) is 6.94. The van der Waals surface area contributed by atoms with Crippen LogP contribution < -0.4 is 0 Å². The van der Waals surface area contributed by atoms with Gasteiger partial charge in [-0.2, -0.15) is 5.06 Å². The van der Waals surface area contributed by atoms with Crippen LogP contribution in [0.4, 0.5) is 4.79 Å². The van der Waals surface area contributed by atoms with Crippen molar-refractivity contribution in [1.82, 2.24) is 9.96 Å². The number of Topliss-reactive ketones (excluding diaryl/α,β-unsaturated/α-hetero) is 1. The molecule has 2 bridgehead atoms. The lowest BCUT2D eigenvalue weighted by molar-refractivity contribution is -0.140. The van der Waals surface area contributed by atoms with E-state index in [1.54, 1.807) is 11.8 Å². The van der Waals surface area contributed by atoms with E-state index < -0.39 is 0 Å². The summed E-state index contributed by atoms with van der Waals surface area (Å²) in [7, 11) is 0. The largest absolute Gasteiger partial charge is 0.344 e. The second-order valence-electron chi connectivity index (χ2n) is 5.38. The number of rotatable bonds is 4. The van der Waals surface area contributed by atoms with Crippen molar-refractivity contribution in [3.63, 3.8) is 0 Å². The number of nitrogens with zero attached hydrogens (tertiary/aromatic N) is 2. The van der Waals surface area contributed by atoms with Crippen LogP contribution in [0.3, 0.4) is 0 Å². The fourth-order valence-corrected chi connectivity index (χ4v) is 2.94. The van der Waals surface area contributed by atoms with Crippen molar-refractivity contribution in [3.05, 3.63) is 35.9 Å². The summed E-state index contributed by atoms with van der Waals surface area (Å²) in [5.41, 5.74) is 1.03. The van der Waals surface area contributed by atoms with Crippen molar-refractivity contribution in [1.29, 1.82) is 0 Å². The van der Waals surface area contributed by atoms with Gasteiger partial charge in [0, 0.05) is 6.54 Å². The van der Waals surface area contributed by atoms with E-state index in [0.29, 0.717) is 13.2 Å². The highest BCUT2D eigenvalue weighted by Gasteiger charge is 2.46. The van der Waals surface area contributed by atoms with Crippen molar-refractivity contribution in [3.8, 4) is 0 Å². The van der Waals surface area contributed by atoms with Crippen molar-refractivity contribution in [2.45, 2.75) is 38.5 Å². The lowest BCUT2D eigenvalue weighted by Gasteiger charge is -2.28. The molecule has 0 aliphatic carbocycles. The fraction of sp³-hybridized carbons (Fsp3) is 0.467. The number of ketones is 1. The van der Waals surface area contributed by atoms with Gasteiger partial charge in [-0.05, 0) is 25.3 Å². The van der Waals surface area contributed by atoms with Gasteiger partial charge in [-0.15, -0.1) is 0 Å². The van der Waals surface area contributed by atoms with Crippen molar-refractivity contribution >= 4 is 11.8 Å². The van der Waals surface area contributed by atoms with Crippen molar-refractivity contribution in [2.75, 3.05) is 6.54 Å². The molecule has 20 heavy (non-hydrogen) atoms. The normalized spacial score (nSPS) is 25.1. The smallest absolute Gasteiger partial charge is 0.311 e. The summed E-state index contributed by atoms with van der Waals surface area (Å²) < 4.78 is 0. The molecule has 1 unspecified atom stereocenters. The average Bonchev–Trinajstić information content (AvgIpc) is 2.70. The predicted molar refractivity (Wildman–Crippen MR) is 72.7 cm³/mol. The molecule has 2 aliphatic rings. The Kier molecular flexibility index (Phi) is 3.44. The number of benzene rings is 1. The Bertz CT molecular complexity index is 517. The van der Waals surface area contributed by atoms with Gasteiger partial charge in [-0.25, -0.2) is 4.79 Å². The molecule has 5 heteroatoms. The quantitative estimate of drug-likeness (QED) is 0.843. The number of carbonyl (C=O) groups excluding carboxylic acids is 2. The second-order valence-corrected chi connectivity index (χ2v) is 5.38. The van der Waals surface area contributed by atoms with Crippen LogP contribution in [-0.4, -0.2) is 40.4 Å². The first kappa shape index (κ1) is 13.1. The van der Waals surface area contributed by atoms with E-state index in [-0.39, 0.29) is 23.9 Å². The Morgan fingerprint density at radius 2 is 2.05 bits per heavy atom. The number of urea groups is 1. The van der Waals surface area contributed by atoms with Gasteiger partial charge in [0.2, 0.25) is 0 Å². The third-order valence-corrected chi connectivity index (χ3v) is 4.01. The molecule has 2 atom stereocenters. The SMILES string of the molecule is CC(=O)[C@@H]1CCC2CN1C(=O)N2OCc1ccccc1. The summed E-state index contributed by atoms with van der Waals surface area (Å²) in [6.45, 7) is 2.52. The topological polar surface area (TPSA) is 49.9 Å². The molecule has 2 amide bonds. The Morgan fingerprint density at radius 1 is 1.30 bits per heavy atom. The molecule has 3 rings (SSSR count). The molecule has 5 nitrogen and oxygen atoms in total. The minimum Gasteiger partial charge on any atom is -0.311 e. The minimum absolute atomic E-state index is 0.0571. The summed E-state index contributed by atoms with van der Waals surface area (Å²) in [5, 5.41) is 1.45. The van der Waals surface area contributed by atoms with Gasteiger partial charge >= 0.3 is 6.03 Å².